The Morgan fingerprint density at radius 2 is 1.76 bits per heavy atom. The van der Waals surface area contributed by atoms with Crippen LogP contribution < -0.4 is 10.6 Å². The third-order valence-electron chi connectivity index (χ3n) is 3.85. The number of hydrogen-bond acceptors (Lipinski definition) is 2. The molecule has 2 aromatic carbocycles. The van der Waals surface area contributed by atoms with Crippen LogP contribution in [0.1, 0.15) is 30.5 Å². The smallest absolute Gasteiger partial charge is 0.0453 e. The maximum absolute atomic E-state index is 6.30. The highest BCUT2D eigenvalue weighted by atomic mass is 35.5. The molecule has 0 spiro atoms. The fraction of sp³-hybridized carbons (Fsp3) is 0.333. The van der Waals surface area contributed by atoms with Crippen molar-refractivity contribution in [3.63, 3.8) is 0 Å². The minimum absolute atomic E-state index is 0.0308. The molecule has 0 heterocycles. The summed E-state index contributed by atoms with van der Waals surface area (Å²) in [6, 6.07) is 16.3. The van der Waals surface area contributed by atoms with Crippen molar-refractivity contribution in [1.29, 1.82) is 0 Å². The van der Waals surface area contributed by atoms with Gasteiger partial charge in [0.05, 0.1) is 0 Å². The number of benzene rings is 2. The van der Waals surface area contributed by atoms with Gasteiger partial charge in [0.25, 0.3) is 0 Å². The maximum atomic E-state index is 6.30. The van der Waals surface area contributed by atoms with E-state index in [2.05, 4.69) is 43.0 Å². The quantitative estimate of drug-likeness (QED) is 0.847. The first kappa shape index (κ1) is 15.9. The Balaban J connectivity index is 2.04. The van der Waals surface area contributed by atoms with Crippen molar-refractivity contribution in [2.45, 2.75) is 26.3 Å². The van der Waals surface area contributed by atoms with Crippen LogP contribution in [0.2, 0.25) is 5.02 Å². The minimum atomic E-state index is -0.0308. The SMILES string of the molecule is CCN(CCC(N)c1ccccc1Cl)c1ccccc1C. The molecule has 2 N–H and O–H groups in total. The van der Waals surface area contributed by atoms with Gasteiger partial charge < -0.3 is 10.6 Å². The largest absolute Gasteiger partial charge is 0.372 e. The molecule has 21 heavy (non-hydrogen) atoms. The van der Waals surface area contributed by atoms with E-state index in [9.17, 15) is 0 Å². The summed E-state index contributed by atoms with van der Waals surface area (Å²) in [6.07, 6.45) is 0.881. The van der Waals surface area contributed by atoms with Crippen molar-refractivity contribution in [2.24, 2.45) is 5.73 Å². The highest BCUT2D eigenvalue weighted by Gasteiger charge is 2.12. The fourth-order valence-corrected chi connectivity index (χ4v) is 2.87. The Hall–Kier alpha value is -1.51. The second kappa shape index (κ2) is 7.48. The van der Waals surface area contributed by atoms with E-state index >= 15 is 0 Å². The number of hydrogen-bond donors (Lipinski definition) is 1. The number of anilines is 1. The minimum Gasteiger partial charge on any atom is -0.372 e. The van der Waals surface area contributed by atoms with Crippen molar-refractivity contribution >= 4 is 17.3 Å². The van der Waals surface area contributed by atoms with Crippen LogP contribution in [0.5, 0.6) is 0 Å². The molecule has 2 aromatic rings. The van der Waals surface area contributed by atoms with Crippen LogP contribution in [0, 0.1) is 6.92 Å². The Labute approximate surface area is 132 Å². The highest BCUT2D eigenvalue weighted by molar-refractivity contribution is 6.31. The molecule has 0 saturated carbocycles. The molecule has 0 aromatic heterocycles. The summed E-state index contributed by atoms with van der Waals surface area (Å²) in [5, 5.41) is 0.754. The summed E-state index contributed by atoms with van der Waals surface area (Å²) >= 11 is 6.22. The molecule has 0 aliphatic carbocycles. The normalized spacial score (nSPS) is 12.2. The number of para-hydroxylation sites is 1. The molecule has 0 saturated heterocycles. The van der Waals surface area contributed by atoms with Crippen LogP contribution in [0.4, 0.5) is 5.69 Å². The molecule has 1 unspecified atom stereocenters. The average molecular weight is 303 g/mol. The van der Waals surface area contributed by atoms with Gasteiger partial charge in [-0.25, -0.2) is 0 Å². The molecule has 2 rings (SSSR count). The van der Waals surface area contributed by atoms with E-state index in [1.54, 1.807) is 0 Å². The summed E-state index contributed by atoms with van der Waals surface area (Å²) in [7, 11) is 0. The Morgan fingerprint density at radius 3 is 2.43 bits per heavy atom. The molecule has 0 fully saturated rings. The Bertz CT molecular complexity index is 583. The van der Waals surface area contributed by atoms with E-state index < -0.39 is 0 Å². The Morgan fingerprint density at radius 1 is 1.10 bits per heavy atom. The topological polar surface area (TPSA) is 29.3 Å². The maximum Gasteiger partial charge on any atom is 0.0453 e. The third kappa shape index (κ3) is 3.99. The molecule has 112 valence electrons. The van der Waals surface area contributed by atoms with E-state index in [1.165, 1.54) is 11.3 Å². The van der Waals surface area contributed by atoms with Gasteiger partial charge in [0.15, 0.2) is 0 Å². The van der Waals surface area contributed by atoms with E-state index in [0.29, 0.717) is 0 Å². The molecule has 2 nitrogen and oxygen atoms in total. The summed E-state index contributed by atoms with van der Waals surface area (Å²) < 4.78 is 0. The van der Waals surface area contributed by atoms with Gasteiger partial charge in [0, 0.05) is 29.8 Å². The van der Waals surface area contributed by atoms with Crippen LogP contribution in [-0.4, -0.2) is 13.1 Å². The fourth-order valence-electron chi connectivity index (χ4n) is 2.59. The average Bonchev–Trinajstić information content (AvgIpc) is 2.49. The summed E-state index contributed by atoms with van der Waals surface area (Å²) in [5.74, 6) is 0. The first-order valence-electron chi connectivity index (χ1n) is 7.44. The van der Waals surface area contributed by atoms with Crippen LogP contribution in [-0.2, 0) is 0 Å². The summed E-state index contributed by atoms with van der Waals surface area (Å²) in [4.78, 5) is 2.37. The van der Waals surface area contributed by atoms with E-state index in [4.69, 9.17) is 17.3 Å². The molecule has 0 aliphatic rings. The molecular formula is C18H23ClN2. The monoisotopic (exact) mass is 302 g/mol. The first-order valence-corrected chi connectivity index (χ1v) is 7.82. The van der Waals surface area contributed by atoms with Gasteiger partial charge in [-0.15, -0.1) is 0 Å². The van der Waals surface area contributed by atoms with E-state index in [1.807, 2.05) is 24.3 Å². The second-order valence-corrected chi connectivity index (χ2v) is 5.69. The van der Waals surface area contributed by atoms with Gasteiger partial charge in [-0.05, 0) is 43.5 Å². The summed E-state index contributed by atoms with van der Waals surface area (Å²) in [5.41, 5.74) is 9.91. The van der Waals surface area contributed by atoms with Gasteiger partial charge in [-0.2, -0.15) is 0 Å². The third-order valence-corrected chi connectivity index (χ3v) is 4.20. The van der Waals surface area contributed by atoms with Gasteiger partial charge in [0.2, 0.25) is 0 Å². The van der Waals surface area contributed by atoms with Gasteiger partial charge in [0.1, 0.15) is 0 Å². The molecule has 0 radical (unpaired) electrons. The van der Waals surface area contributed by atoms with Crippen molar-refractivity contribution < 1.29 is 0 Å². The lowest BCUT2D eigenvalue weighted by Gasteiger charge is -2.26. The predicted octanol–water partition coefficient (Wildman–Crippen LogP) is 4.56. The van der Waals surface area contributed by atoms with Crippen molar-refractivity contribution in [2.75, 3.05) is 18.0 Å². The van der Waals surface area contributed by atoms with Crippen molar-refractivity contribution in [3.8, 4) is 0 Å². The molecule has 0 amide bonds. The van der Waals surface area contributed by atoms with Crippen molar-refractivity contribution in [3.05, 3.63) is 64.7 Å². The summed E-state index contributed by atoms with van der Waals surface area (Å²) in [6.45, 7) is 6.22. The number of aryl methyl sites for hydroxylation is 1. The molecule has 3 heteroatoms. The van der Waals surface area contributed by atoms with E-state index in [0.717, 1.165) is 30.1 Å². The van der Waals surface area contributed by atoms with Gasteiger partial charge in [-0.3, -0.25) is 0 Å². The van der Waals surface area contributed by atoms with Crippen LogP contribution in [0.25, 0.3) is 0 Å². The lowest BCUT2D eigenvalue weighted by molar-refractivity contribution is 0.632. The zero-order chi connectivity index (χ0) is 15.2. The van der Waals surface area contributed by atoms with Gasteiger partial charge in [-0.1, -0.05) is 48.0 Å². The first-order chi connectivity index (χ1) is 10.1. The van der Waals surface area contributed by atoms with Crippen LogP contribution in [0.15, 0.2) is 48.5 Å². The lowest BCUT2D eigenvalue weighted by Crippen LogP contribution is -2.27. The van der Waals surface area contributed by atoms with Crippen LogP contribution in [0.3, 0.4) is 0 Å². The zero-order valence-corrected chi connectivity index (χ0v) is 13.5. The molecular weight excluding hydrogens is 280 g/mol. The molecule has 1 atom stereocenters. The second-order valence-electron chi connectivity index (χ2n) is 5.28. The Kier molecular flexibility index (Phi) is 5.66. The number of nitrogens with two attached hydrogens (primary N) is 1. The van der Waals surface area contributed by atoms with Crippen LogP contribution >= 0.6 is 11.6 Å². The number of nitrogens with zero attached hydrogens (tertiary/aromatic N) is 1. The lowest BCUT2D eigenvalue weighted by atomic mass is 10.0. The number of rotatable bonds is 6. The highest BCUT2D eigenvalue weighted by Crippen LogP contribution is 2.25. The van der Waals surface area contributed by atoms with Gasteiger partial charge >= 0.3 is 0 Å². The standard InChI is InChI=1S/C18H23ClN2/c1-3-21(18-11-7-4-8-14(18)2)13-12-17(20)15-9-5-6-10-16(15)19/h4-11,17H,3,12-13,20H2,1-2H3. The van der Waals surface area contributed by atoms with Crippen molar-refractivity contribution in [1.82, 2.24) is 0 Å². The van der Waals surface area contributed by atoms with E-state index in [-0.39, 0.29) is 6.04 Å². The number of halogens is 1. The molecule has 0 aliphatic heterocycles. The predicted molar refractivity (Wildman–Crippen MR) is 92.1 cm³/mol. The molecule has 0 bridgehead atoms. The zero-order valence-electron chi connectivity index (χ0n) is 12.7.